The van der Waals surface area contributed by atoms with E-state index >= 15 is 0 Å². The Bertz CT molecular complexity index is 527. The molecule has 0 bridgehead atoms. The lowest BCUT2D eigenvalue weighted by Crippen LogP contribution is -2.33. The Morgan fingerprint density at radius 3 is 2.65 bits per heavy atom. The molecule has 94 valence electrons. The summed E-state index contributed by atoms with van der Waals surface area (Å²) in [4.78, 5) is 3.98. The topological polar surface area (TPSA) is 87.8 Å². The van der Waals surface area contributed by atoms with Crippen molar-refractivity contribution < 1.29 is 8.42 Å². The van der Waals surface area contributed by atoms with Crippen LogP contribution in [0.2, 0.25) is 0 Å². The zero-order valence-corrected chi connectivity index (χ0v) is 11.0. The van der Waals surface area contributed by atoms with E-state index < -0.39 is 16.1 Å². The van der Waals surface area contributed by atoms with E-state index in [1.54, 1.807) is 18.4 Å². The molecule has 0 aliphatic rings. The molecule has 0 saturated carbocycles. The second kappa shape index (κ2) is 5.29. The first-order chi connectivity index (χ1) is 7.94. The van der Waals surface area contributed by atoms with Crippen LogP contribution in [0.25, 0.3) is 0 Å². The summed E-state index contributed by atoms with van der Waals surface area (Å²) in [5.74, 6) is 0.637. The van der Waals surface area contributed by atoms with Crippen LogP contribution in [0.4, 0.5) is 0 Å². The molecule has 0 fully saturated rings. The molecule has 0 spiro atoms. The maximum atomic E-state index is 11.9. The summed E-state index contributed by atoms with van der Waals surface area (Å²) in [6, 6.07) is 1.17. The minimum Gasteiger partial charge on any atom is -0.334 e. The molecule has 0 aliphatic heterocycles. The normalized spacial score (nSPS) is 13.3. The van der Waals surface area contributed by atoms with Crippen LogP contribution in [0.3, 0.4) is 0 Å². The number of hydrogen-bond acceptors (Lipinski definition) is 4. The number of nitriles is 1. The molecular weight excluding hydrogens is 240 g/mol. The lowest BCUT2D eigenvalue weighted by atomic mass is 10.3. The molecule has 1 N–H and O–H groups in total. The summed E-state index contributed by atoms with van der Waals surface area (Å²) < 4.78 is 27.9. The van der Waals surface area contributed by atoms with Crippen LogP contribution in [0.5, 0.6) is 0 Å². The van der Waals surface area contributed by atoms with Crippen LogP contribution in [0.15, 0.2) is 11.2 Å². The Hall–Kier alpha value is -1.39. The van der Waals surface area contributed by atoms with Gasteiger partial charge in [0.15, 0.2) is 5.03 Å². The molecule has 0 saturated heterocycles. The highest BCUT2D eigenvalue weighted by atomic mass is 32.2. The van der Waals surface area contributed by atoms with E-state index in [1.165, 1.54) is 6.20 Å². The number of hydrogen-bond donors (Lipinski definition) is 1. The van der Waals surface area contributed by atoms with E-state index in [1.807, 2.05) is 13.0 Å². The third-order valence-corrected chi connectivity index (χ3v) is 3.77. The second-order valence-corrected chi connectivity index (χ2v) is 5.28. The van der Waals surface area contributed by atoms with Crippen LogP contribution >= 0.6 is 0 Å². The summed E-state index contributed by atoms with van der Waals surface area (Å²) in [5.41, 5.74) is 0. The fraction of sp³-hybridized carbons (Fsp3) is 0.600. The van der Waals surface area contributed by atoms with Gasteiger partial charge >= 0.3 is 0 Å². The van der Waals surface area contributed by atoms with E-state index in [9.17, 15) is 8.42 Å². The van der Waals surface area contributed by atoms with Gasteiger partial charge in [-0.2, -0.15) is 9.98 Å². The molecule has 17 heavy (non-hydrogen) atoms. The molecule has 0 aromatic carbocycles. The van der Waals surface area contributed by atoms with E-state index in [0.29, 0.717) is 18.8 Å². The van der Waals surface area contributed by atoms with E-state index in [-0.39, 0.29) is 5.03 Å². The lowest BCUT2D eigenvalue weighted by Gasteiger charge is -2.07. The lowest BCUT2D eigenvalue weighted by molar-refractivity contribution is 0.566. The SMILES string of the molecule is CCC(C#N)NS(=O)(=O)c1cn(CC)c(C)n1. The number of nitrogens with zero attached hydrogens (tertiary/aromatic N) is 3. The highest BCUT2D eigenvalue weighted by molar-refractivity contribution is 7.89. The number of nitrogens with one attached hydrogen (secondary N) is 1. The average molecular weight is 256 g/mol. The molecule has 6 nitrogen and oxygen atoms in total. The zero-order valence-electron chi connectivity index (χ0n) is 10.1. The highest BCUT2D eigenvalue weighted by Gasteiger charge is 2.22. The van der Waals surface area contributed by atoms with E-state index in [4.69, 9.17) is 5.26 Å². The first kappa shape index (κ1) is 13.7. The Morgan fingerprint density at radius 1 is 1.59 bits per heavy atom. The summed E-state index contributed by atoms with van der Waals surface area (Å²) in [5, 5.41) is 8.70. The van der Waals surface area contributed by atoms with Gasteiger partial charge in [0, 0.05) is 12.7 Å². The Balaban J connectivity index is 3.01. The monoisotopic (exact) mass is 256 g/mol. The van der Waals surface area contributed by atoms with Crippen molar-refractivity contribution >= 4 is 10.0 Å². The van der Waals surface area contributed by atoms with Crippen molar-refractivity contribution in [3.63, 3.8) is 0 Å². The molecule has 0 aliphatic carbocycles. The van der Waals surface area contributed by atoms with Crippen LogP contribution in [0, 0.1) is 18.3 Å². The fourth-order valence-corrected chi connectivity index (χ4v) is 2.61. The third kappa shape index (κ3) is 3.05. The molecule has 1 heterocycles. The smallest absolute Gasteiger partial charge is 0.260 e. The van der Waals surface area contributed by atoms with Crippen LogP contribution in [-0.4, -0.2) is 24.0 Å². The number of rotatable bonds is 5. The Kier molecular flexibility index (Phi) is 4.26. The van der Waals surface area contributed by atoms with Crippen molar-refractivity contribution in [2.24, 2.45) is 0 Å². The number of imidazole rings is 1. The molecule has 7 heteroatoms. The molecule has 0 amide bonds. The van der Waals surface area contributed by atoms with Gasteiger partial charge in [0.2, 0.25) is 0 Å². The van der Waals surface area contributed by atoms with Gasteiger partial charge in [-0.25, -0.2) is 13.4 Å². The number of aromatic nitrogens is 2. The van der Waals surface area contributed by atoms with Crippen molar-refractivity contribution in [1.82, 2.24) is 14.3 Å². The minimum absolute atomic E-state index is 0.0365. The molecule has 1 aromatic rings. The fourth-order valence-electron chi connectivity index (χ4n) is 1.38. The summed E-state index contributed by atoms with van der Waals surface area (Å²) in [6.45, 7) is 6.04. The molecule has 1 atom stereocenters. The largest absolute Gasteiger partial charge is 0.334 e. The second-order valence-electron chi connectivity index (χ2n) is 3.62. The quantitative estimate of drug-likeness (QED) is 0.843. The van der Waals surface area contributed by atoms with E-state index in [0.717, 1.165) is 0 Å². The van der Waals surface area contributed by atoms with Crippen LogP contribution in [-0.2, 0) is 16.6 Å². The zero-order chi connectivity index (χ0) is 13.1. The Morgan fingerprint density at radius 2 is 2.24 bits per heavy atom. The van der Waals surface area contributed by atoms with Crippen LogP contribution < -0.4 is 4.72 Å². The molecule has 1 rings (SSSR count). The van der Waals surface area contributed by atoms with Crippen molar-refractivity contribution in [1.29, 1.82) is 5.26 Å². The van der Waals surface area contributed by atoms with Crippen molar-refractivity contribution in [3.05, 3.63) is 12.0 Å². The highest BCUT2D eigenvalue weighted by Crippen LogP contribution is 2.10. The van der Waals surface area contributed by atoms with Gasteiger partial charge in [0.25, 0.3) is 10.0 Å². The van der Waals surface area contributed by atoms with Gasteiger partial charge in [-0.3, -0.25) is 0 Å². The summed E-state index contributed by atoms with van der Waals surface area (Å²) >= 11 is 0. The number of sulfonamides is 1. The van der Waals surface area contributed by atoms with Crippen molar-refractivity contribution in [2.75, 3.05) is 0 Å². The first-order valence-electron chi connectivity index (χ1n) is 5.40. The van der Waals surface area contributed by atoms with Gasteiger partial charge in [-0.15, -0.1) is 0 Å². The molecule has 1 unspecified atom stereocenters. The van der Waals surface area contributed by atoms with Crippen LogP contribution in [0.1, 0.15) is 26.1 Å². The maximum Gasteiger partial charge on any atom is 0.260 e. The van der Waals surface area contributed by atoms with Gasteiger partial charge in [0.1, 0.15) is 11.9 Å². The predicted octanol–water partition coefficient (Wildman–Crippen LogP) is 0.792. The van der Waals surface area contributed by atoms with E-state index in [2.05, 4.69) is 9.71 Å². The number of aryl methyl sites for hydroxylation is 2. The van der Waals surface area contributed by atoms with Gasteiger partial charge < -0.3 is 4.57 Å². The summed E-state index contributed by atoms with van der Waals surface area (Å²) in [6.07, 6.45) is 1.89. The van der Waals surface area contributed by atoms with Gasteiger partial charge in [-0.1, -0.05) is 6.92 Å². The predicted molar refractivity (Wildman–Crippen MR) is 62.7 cm³/mol. The van der Waals surface area contributed by atoms with Crippen molar-refractivity contribution in [3.8, 4) is 6.07 Å². The van der Waals surface area contributed by atoms with Gasteiger partial charge in [0.05, 0.1) is 6.07 Å². The maximum absolute atomic E-state index is 11.9. The third-order valence-electron chi connectivity index (χ3n) is 2.43. The molecular formula is C10H16N4O2S. The minimum atomic E-state index is -3.70. The average Bonchev–Trinajstić information content (AvgIpc) is 2.68. The van der Waals surface area contributed by atoms with Gasteiger partial charge in [-0.05, 0) is 20.3 Å². The Labute approximate surface area is 101 Å². The first-order valence-corrected chi connectivity index (χ1v) is 6.88. The molecule has 1 aromatic heterocycles. The summed E-state index contributed by atoms with van der Waals surface area (Å²) in [7, 11) is -3.70. The molecule has 0 radical (unpaired) electrons. The van der Waals surface area contributed by atoms with Crippen molar-refractivity contribution in [2.45, 2.75) is 44.8 Å². The standard InChI is InChI=1S/C10H16N4O2S/c1-4-9(6-11)13-17(15,16)10-7-14(5-2)8(3)12-10/h7,9,13H,4-5H2,1-3H3.